The van der Waals surface area contributed by atoms with E-state index in [0.29, 0.717) is 11.3 Å². The maximum absolute atomic E-state index is 12.2. The van der Waals surface area contributed by atoms with Gasteiger partial charge in [0.1, 0.15) is 0 Å². The molecule has 3 aromatic carbocycles. The first-order valence-electron chi connectivity index (χ1n) is 8.48. The summed E-state index contributed by atoms with van der Waals surface area (Å²) in [4.78, 5) is 27.6. The third-order valence-electron chi connectivity index (χ3n) is 4.15. The second-order valence-electron chi connectivity index (χ2n) is 6.20. The highest BCUT2D eigenvalue weighted by atomic mass is 16.6. The molecule has 0 aromatic heterocycles. The van der Waals surface area contributed by atoms with Gasteiger partial charge in [0, 0.05) is 18.2 Å². The molecule has 5 nitrogen and oxygen atoms in total. The lowest BCUT2D eigenvalue weighted by Crippen LogP contribution is -2.07. The quantitative estimate of drug-likeness (QED) is 0.566. The molecule has 0 atom stereocenters. The van der Waals surface area contributed by atoms with Crippen LogP contribution in [0, 0.1) is 0 Å². The number of ether oxygens (including phenoxy) is 1. The summed E-state index contributed by atoms with van der Waals surface area (Å²) in [5, 5.41) is 4.92. The van der Waals surface area contributed by atoms with E-state index in [4.69, 9.17) is 4.74 Å². The summed E-state index contributed by atoms with van der Waals surface area (Å²) in [6, 6.07) is 20.9. The Bertz CT molecular complexity index is 1110. The van der Waals surface area contributed by atoms with Gasteiger partial charge in [0.2, 0.25) is 11.8 Å². The van der Waals surface area contributed by atoms with Crippen LogP contribution in [0.4, 0.5) is 5.69 Å². The molecular formula is C22H16N2O3. The number of hydrogen-bond donors (Lipinski definition) is 1. The third kappa shape index (κ3) is 3.62. The lowest BCUT2D eigenvalue weighted by atomic mass is 10.1. The lowest BCUT2D eigenvalue weighted by Gasteiger charge is -2.03. The molecule has 132 valence electrons. The van der Waals surface area contributed by atoms with Crippen molar-refractivity contribution in [3.05, 3.63) is 83.6 Å². The van der Waals surface area contributed by atoms with Crippen LogP contribution < -0.4 is 5.32 Å². The van der Waals surface area contributed by atoms with Crippen molar-refractivity contribution in [1.82, 2.24) is 0 Å². The van der Waals surface area contributed by atoms with Crippen LogP contribution in [0.1, 0.15) is 18.1 Å². The van der Waals surface area contributed by atoms with Crippen LogP contribution in [0.2, 0.25) is 0 Å². The fraction of sp³-hybridized carbons (Fsp3) is 0.0455. The predicted octanol–water partition coefficient (Wildman–Crippen LogP) is 4.14. The number of nitrogens with one attached hydrogen (secondary N) is 1. The van der Waals surface area contributed by atoms with E-state index in [1.807, 2.05) is 42.5 Å². The Balaban J connectivity index is 1.61. The van der Waals surface area contributed by atoms with Crippen molar-refractivity contribution in [2.24, 2.45) is 4.99 Å². The fourth-order valence-electron chi connectivity index (χ4n) is 2.89. The maximum Gasteiger partial charge on any atom is 0.363 e. The third-order valence-corrected chi connectivity index (χ3v) is 4.15. The standard InChI is InChI=1S/C22H16N2O3/c1-14(25)23-19-10-8-17(9-11-19)21-24-20(22(26)27-21)13-15-6-7-16-4-2-3-5-18(16)12-15/h2-13H,1H3,(H,23,25)/b20-13-. The summed E-state index contributed by atoms with van der Waals surface area (Å²) in [5.41, 5.74) is 2.47. The van der Waals surface area contributed by atoms with Crippen LogP contribution in [0.3, 0.4) is 0 Å². The number of carbonyl (C=O) groups is 2. The number of rotatable bonds is 3. The number of esters is 1. The Morgan fingerprint density at radius 1 is 1.00 bits per heavy atom. The van der Waals surface area contributed by atoms with Gasteiger partial charge in [-0.15, -0.1) is 0 Å². The number of aliphatic imine (C=N–C) groups is 1. The van der Waals surface area contributed by atoms with Crippen LogP contribution in [0.25, 0.3) is 16.8 Å². The highest BCUT2D eigenvalue weighted by molar-refractivity contribution is 6.13. The summed E-state index contributed by atoms with van der Waals surface area (Å²) >= 11 is 0. The first-order chi connectivity index (χ1) is 13.1. The van der Waals surface area contributed by atoms with E-state index in [-0.39, 0.29) is 17.5 Å². The first-order valence-corrected chi connectivity index (χ1v) is 8.48. The largest absolute Gasteiger partial charge is 0.402 e. The van der Waals surface area contributed by atoms with Crippen LogP contribution in [0.5, 0.6) is 0 Å². The summed E-state index contributed by atoms with van der Waals surface area (Å²) < 4.78 is 5.30. The van der Waals surface area contributed by atoms with Gasteiger partial charge in [-0.3, -0.25) is 4.79 Å². The minimum absolute atomic E-state index is 0.145. The van der Waals surface area contributed by atoms with E-state index in [1.165, 1.54) is 6.92 Å². The minimum atomic E-state index is -0.482. The number of nitrogens with zero attached hydrogens (tertiary/aromatic N) is 1. The lowest BCUT2D eigenvalue weighted by molar-refractivity contribution is -0.129. The summed E-state index contributed by atoms with van der Waals surface area (Å²) in [7, 11) is 0. The number of anilines is 1. The minimum Gasteiger partial charge on any atom is -0.402 e. The molecule has 0 fully saturated rings. The summed E-state index contributed by atoms with van der Waals surface area (Å²) in [6.07, 6.45) is 1.72. The van der Waals surface area contributed by atoms with Gasteiger partial charge in [0.15, 0.2) is 5.70 Å². The predicted molar refractivity (Wildman–Crippen MR) is 105 cm³/mol. The Labute approximate surface area is 156 Å². The Morgan fingerprint density at radius 2 is 1.74 bits per heavy atom. The van der Waals surface area contributed by atoms with Crippen molar-refractivity contribution < 1.29 is 14.3 Å². The van der Waals surface area contributed by atoms with Gasteiger partial charge < -0.3 is 10.1 Å². The van der Waals surface area contributed by atoms with Crippen molar-refractivity contribution in [2.45, 2.75) is 6.92 Å². The van der Waals surface area contributed by atoms with Crippen molar-refractivity contribution in [3.63, 3.8) is 0 Å². The normalized spacial score (nSPS) is 14.9. The van der Waals surface area contributed by atoms with Gasteiger partial charge >= 0.3 is 5.97 Å². The molecule has 5 heteroatoms. The van der Waals surface area contributed by atoms with Crippen molar-refractivity contribution in [2.75, 3.05) is 5.32 Å². The van der Waals surface area contributed by atoms with Gasteiger partial charge in [0.25, 0.3) is 0 Å². The number of fused-ring (bicyclic) bond motifs is 1. The molecule has 0 unspecified atom stereocenters. The molecule has 0 spiro atoms. The molecule has 1 heterocycles. The average Bonchev–Trinajstić information content (AvgIpc) is 3.02. The average molecular weight is 356 g/mol. The Hall–Kier alpha value is -3.73. The number of benzene rings is 3. The van der Waals surface area contributed by atoms with E-state index >= 15 is 0 Å². The molecule has 0 saturated heterocycles. The van der Waals surface area contributed by atoms with E-state index in [1.54, 1.807) is 30.3 Å². The fourth-order valence-corrected chi connectivity index (χ4v) is 2.89. The zero-order valence-electron chi connectivity index (χ0n) is 14.6. The van der Waals surface area contributed by atoms with E-state index in [9.17, 15) is 9.59 Å². The maximum atomic E-state index is 12.2. The molecule has 1 N–H and O–H groups in total. The van der Waals surface area contributed by atoms with Crippen LogP contribution in [-0.2, 0) is 14.3 Å². The second kappa shape index (κ2) is 6.88. The highest BCUT2D eigenvalue weighted by Crippen LogP contribution is 2.22. The molecule has 1 aliphatic heterocycles. The van der Waals surface area contributed by atoms with Crippen LogP contribution >= 0.6 is 0 Å². The molecule has 1 aliphatic rings. The van der Waals surface area contributed by atoms with E-state index in [0.717, 1.165) is 16.3 Å². The SMILES string of the molecule is CC(=O)Nc1ccc(C2=N/C(=C\c3ccc4ccccc4c3)C(=O)O2)cc1. The monoisotopic (exact) mass is 356 g/mol. The molecule has 4 rings (SSSR count). The van der Waals surface area contributed by atoms with Gasteiger partial charge in [-0.2, -0.15) is 0 Å². The molecule has 0 radical (unpaired) electrons. The van der Waals surface area contributed by atoms with Gasteiger partial charge in [-0.1, -0.05) is 36.4 Å². The van der Waals surface area contributed by atoms with Crippen molar-refractivity contribution >= 4 is 40.3 Å². The molecule has 0 aliphatic carbocycles. The van der Waals surface area contributed by atoms with Crippen LogP contribution in [-0.4, -0.2) is 17.8 Å². The molecule has 0 bridgehead atoms. The Kier molecular flexibility index (Phi) is 4.26. The van der Waals surface area contributed by atoms with Gasteiger partial charge in [-0.25, -0.2) is 9.79 Å². The molecule has 0 saturated carbocycles. The first kappa shape index (κ1) is 16.7. The number of cyclic esters (lactones) is 1. The van der Waals surface area contributed by atoms with E-state index < -0.39 is 5.97 Å². The number of amides is 1. The second-order valence-corrected chi connectivity index (χ2v) is 6.20. The number of carbonyl (C=O) groups excluding carboxylic acids is 2. The molecule has 27 heavy (non-hydrogen) atoms. The zero-order chi connectivity index (χ0) is 18.8. The van der Waals surface area contributed by atoms with E-state index in [2.05, 4.69) is 10.3 Å². The zero-order valence-corrected chi connectivity index (χ0v) is 14.6. The Morgan fingerprint density at radius 3 is 2.48 bits per heavy atom. The van der Waals surface area contributed by atoms with Gasteiger partial charge in [0.05, 0.1) is 0 Å². The summed E-state index contributed by atoms with van der Waals surface area (Å²) in [5.74, 6) is -0.376. The van der Waals surface area contributed by atoms with Crippen LogP contribution in [0.15, 0.2) is 77.4 Å². The molecular weight excluding hydrogens is 340 g/mol. The van der Waals surface area contributed by atoms with Crippen molar-refractivity contribution in [1.29, 1.82) is 0 Å². The summed E-state index contributed by atoms with van der Waals surface area (Å²) in [6.45, 7) is 1.45. The molecule has 3 aromatic rings. The number of hydrogen-bond acceptors (Lipinski definition) is 4. The topological polar surface area (TPSA) is 67.8 Å². The van der Waals surface area contributed by atoms with Crippen molar-refractivity contribution in [3.8, 4) is 0 Å². The van der Waals surface area contributed by atoms with Gasteiger partial charge in [-0.05, 0) is 52.7 Å². The smallest absolute Gasteiger partial charge is 0.363 e. The highest BCUT2D eigenvalue weighted by Gasteiger charge is 2.24. The molecule has 1 amide bonds.